The maximum Gasteiger partial charge on any atom is 0.220 e. The molecule has 0 radical (unpaired) electrons. The lowest BCUT2D eigenvalue weighted by Crippen LogP contribution is -2.44. The van der Waals surface area contributed by atoms with Gasteiger partial charge in [0.1, 0.15) is 5.75 Å². The van der Waals surface area contributed by atoms with Crippen molar-refractivity contribution in [2.75, 3.05) is 26.4 Å². The highest BCUT2D eigenvalue weighted by Crippen LogP contribution is 2.35. The first-order valence-corrected chi connectivity index (χ1v) is 10.2. The molecule has 0 aliphatic carbocycles. The van der Waals surface area contributed by atoms with Gasteiger partial charge in [-0.3, -0.25) is 4.79 Å². The molecule has 2 aromatic carbocycles. The summed E-state index contributed by atoms with van der Waals surface area (Å²) in [6, 6.07) is 16.7. The van der Waals surface area contributed by atoms with Gasteiger partial charge in [0, 0.05) is 31.6 Å². The predicted octanol–water partition coefficient (Wildman–Crippen LogP) is 4.19. The zero-order chi connectivity index (χ0) is 19.8. The van der Waals surface area contributed by atoms with Gasteiger partial charge in [0.25, 0.3) is 0 Å². The van der Waals surface area contributed by atoms with E-state index in [1.54, 1.807) is 0 Å². The van der Waals surface area contributed by atoms with Crippen LogP contribution in [0.1, 0.15) is 42.9 Å². The van der Waals surface area contributed by atoms with Crippen molar-refractivity contribution in [3.05, 3.63) is 65.2 Å². The van der Waals surface area contributed by atoms with Crippen molar-refractivity contribution >= 4 is 5.91 Å². The van der Waals surface area contributed by atoms with E-state index in [4.69, 9.17) is 9.47 Å². The molecular formula is C24H31NO3. The third-order valence-corrected chi connectivity index (χ3v) is 5.57. The van der Waals surface area contributed by atoms with Gasteiger partial charge in [0.2, 0.25) is 5.91 Å². The molecule has 4 nitrogen and oxygen atoms in total. The number of carbonyl (C=O) groups is 1. The number of benzene rings is 2. The molecule has 0 saturated carbocycles. The maximum atomic E-state index is 12.5. The van der Waals surface area contributed by atoms with Crippen LogP contribution < -0.4 is 10.1 Å². The van der Waals surface area contributed by atoms with Gasteiger partial charge in [0.15, 0.2) is 0 Å². The predicted molar refractivity (Wildman–Crippen MR) is 112 cm³/mol. The number of hydrogen-bond donors (Lipinski definition) is 1. The van der Waals surface area contributed by atoms with Crippen LogP contribution in [0, 0.1) is 6.92 Å². The summed E-state index contributed by atoms with van der Waals surface area (Å²) >= 11 is 0. The summed E-state index contributed by atoms with van der Waals surface area (Å²) in [6.07, 6.45) is 3.12. The van der Waals surface area contributed by atoms with E-state index in [0.29, 0.717) is 19.6 Å². The van der Waals surface area contributed by atoms with Crippen LogP contribution in [0.4, 0.5) is 0 Å². The number of carbonyl (C=O) groups excluding carboxylic acids is 1. The molecule has 0 unspecified atom stereocenters. The minimum Gasteiger partial charge on any atom is -0.494 e. The summed E-state index contributed by atoms with van der Waals surface area (Å²) in [5.74, 6) is 0.994. The molecule has 1 aliphatic rings. The number of aryl methyl sites for hydroxylation is 2. The Hall–Kier alpha value is -2.33. The Labute approximate surface area is 168 Å². The molecule has 3 rings (SSSR count). The maximum absolute atomic E-state index is 12.5. The van der Waals surface area contributed by atoms with Gasteiger partial charge in [0.05, 0.1) is 6.61 Å². The van der Waals surface area contributed by atoms with E-state index in [1.165, 1.54) is 16.7 Å². The lowest BCUT2D eigenvalue weighted by molar-refractivity contribution is -0.121. The van der Waals surface area contributed by atoms with Gasteiger partial charge in [-0.1, -0.05) is 42.0 Å². The second-order valence-corrected chi connectivity index (χ2v) is 7.62. The fourth-order valence-corrected chi connectivity index (χ4v) is 3.88. The molecule has 4 heteroatoms. The lowest BCUT2D eigenvalue weighted by Gasteiger charge is -2.38. The summed E-state index contributed by atoms with van der Waals surface area (Å²) in [7, 11) is 0. The van der Waals surface area contributed by atoms with Crippen molar-refractivity contribution in [2.24, 2.45) is 0 Å². The van der Waals surface area contributed by atoms with Crippen molar-refractivity contribution in [1.29, 1.82) is 0 Å². The normalized spacial score (nSPS) is 15.8. The van der Waals surface area contributed by atoms with E-state index in [0.717, 1.165) is 38.2 Å². The van der Waals surface area contributed by atoms with Gasteiger partial charge in [-0.2, -0.15) is 0 Å². The molecule has 2 aromatic rings. The number of nitrogens with one attached hydrogen (secondary N) is 1. The van der Waals surface area contributed by atoms with Gasteiger partial charge in [-0.15, -0.1) is 0 Å². The zero-order valence-corrected chi connectivity index (χ0v) is 17.0. The van der Waals surface area contributed by atoms with Crippen LogP contribution >= 0.6 is 0 Å². The summed E-state index contributed by atoms with van der Waals surface area (Å²) in [4.78, 5) is 12.5. The van der Waals surface area contributed by atoms with Gasteiger partial charge >= 0.3 is 0 Å². The van der Waals surface area contributed by atoms with E-state index < -0.39 is 0 Å². The fraction of sp³-hybridized carbons (Fsp3) is 0.458. The zero-order valence-electron chi connectivity index (χ0n) is 17.0. The van der Waals surface area contributed by atoms with Crippen molar-refractivity contribution in [2.45, 2.75) is 44.9 Å². The average molecular weight is 382 g/mol. The van der Waals surface area contributed by atoms with Crippen molar-refractivity contribution in [3.63, 3.8) is 0 Å². The van der Waals surface area contributed by atoms with Crippen LogP contribution in [0.5, 0.6) is 5.75 Å². The third-order valence-electron chi connectivity index (χ3n) is 5.57. The van der Waals surface area contributed by atoms with Crippen LogP contribution in [0.2, 0.25) is 0 Å². The highest BCUT2D eigenvalue weighted by atomic mass is 16.5. The van der Waals surface area contributed by atoms with Gasteiger partial charge in [-0.25, -0.2) is 0 Å². The second-order valence-electron chi connectivity index (χ2n) is 7.62. The van der Waals surface area contributed by atoms with E-state index in [9.17, 15) is 4.79 Å². The Bertz CT molecular complexity index is 764. The molecule has 0 aromatic heterocycles. The lowest BCUT2D eigenvalue weighted by atomic mass is 9.74. The first kappa shape index (κ1) is 20.4. The summed E-state index contributed by atoms with van der Waals surface area (Å²) in [5, 5.41) is 3.19. The molecule has 1 fully saturated rings. The third kappa shape index (κ3) is 5.35. The number of rotatable bonds is 8. The quantitative estimate of drug-likeness (QED) is 0.746. The standard InChI is InChI=1S/C24H31NO3/c1-3-28-22-10-8-21(9-11-22)24(13-15-27-16-14-24)18-25-23(26)12-7-20-6-4-5-19(2)17-20/h4-6,8-11,17H,3,7,12-16,18H2,1-2H3,(H,25,26). The molecule has 1 N–H and O–H groups in total. The second kappa shape index (κ2) is 9.74. The Morgan fingerprint density at radius 3 is 2.57 bits per heavy atom. The molecule has 1 saturated heterocycles. The molecule has 0 spiro atoms. The van der Waals surface area contributed by atoms with Crippen molar-refractivity contribution < 1.29 is 14.3 Å². The van der Waals surface area contributed by atoms with Gasteiger partial charge in [-0.05, 0) is 56.4 Å². The van der Waals surface area contributed by atoms with Crippen LogP contribution in [0.3, 0.4) is 0 Å². The Kier molecular flexibility index (Phi) is 7.10. The molecular weight excluding hydrogens is 350 g/mol. The van der Waals surface area contributed by atoms with Crippen molar-refractivity contribution in [3.8, 4) is 5.75 Å². The highest BCUT2D eigenvalue weighted by Gasteiger charge is 2.34. The first-order chi connectivity index (χ1) is 13.6. The molecule has 0 bridgehead atoms. The topological polar surface area (TPSA) is 47.6 Å². The first-order valence-electron chi connectivity index (χ1n) is 10.2. The molecule has 28 heavy (non-hydrogen) atoms. The highest BCUT2D eigenvalue weighted by molar-refractivity contribution is 5.76. The van der Waals surface area contributed by atoms with E-state index >= 15 is 0 Å². The van der Waals surface area contributed by atoms with E-state index in [-0.39, 0.29) is 11.3 Å². The van der Waals surface area contributed by atoms with Gasteiger partial charge < -0.3 is 14.8 Å². The average Bonchev–Trinajstić information content (AvgIpc) is 2.72. The van der Waals surface area contributed by atoms with Crippen LogP contribution in [-0.2, 0) is 21.4 Å². The smallest absolute Gasteiger partial charge is 0.220 e. The van der Waals surface area contributed by atoms with Crippen LogP contribution in [-0.4, -0.2) is 32.3 Å². The Balaban J connectivity index is 1.61. The largest absolute Gasteiger partial charge is 0.494 e. The summed E-state index contributed by atoms with van der Waals surface area (Å²) in [6.45, 7) is 6.83. The molecule has 1 aliphatic heterocycles. The molecule has 1 heterocycles. The molecule has 1 amide bonds. The SMILES string of the molecule is CCOc1ccc(C2(CNC(=O)CCc3cccc(C)c3)CCOCC2)cc1. The van der Waals surface area contributed by atoms with Crippen LogP contribution in [0.25, 0.3) is 0 Å². The minimum atomic E-state index is -0.0675. The minimum absolute atomic E-state index is 0.0675. The van der Waals surface area contributed by atoms with Crippen molar-refractivity contribution in [1.82, 2.24) is 5.32 Å². The number of ether oxygens (including phenoxy) is 2. The summed E-state index contributed by atoms with van der Waals surface area (Å²) in [5.41, 5.74) is 3.62. The monoisotopic (exact) mass is 381 g/mol. The van der Waals surface area contributed by atoms with E-state index in [2.05, 4.69) is 42.6 Å². The molecule has 0 atom stereocenters. The van der Waals surface area contributed by atoms with Crippen LogP contribution in [0.15, 0.2) is 48.5 Å². The number of hydrogen-bond acceptors (Lipinski definition) is 3. The summed E-state index contributed by atoms with van der Waals surface area (Å²) < 4.78 is 11.2. The van der Waals surface area contributed by atoms with E-state index in [1.807, 2.05) is 25.1 Å². The fourth-order valence-electron chi connectivity index (χ4n) is 3.88. The number of amides is 1. The molecule has 150 valence electrons. The Morgan fingerprint density at radius 1 is 1.14 bits per heavy atom. The Morgan fingerprint density at radius 2 is 1.89 bits per heavy atom.